The lowest BCUT2D eigenvalue weighted by Gasteiger charge is -2.22. The number of carbonyl (C=O) groups is 3. The number of nitrogens with one attached hydrogen (secondary N) is 1. The number of nitro groups is 1. The van der Waals surface area contributed by atoms with Gasteiger partial charge >= 0.3 is 11.9 Å². The average Bonchev–Trinajstić information content (AvgIpc) is 2.91. The van der Waals surface area contributed by atoms with Crippen molar-refractivity contribution in [3.63, 3.8) is 0 Å². The van der Waals surface area contributed by atoms with Crippen molar-refractivity contribution >= 4 is 46.7 Å². The van der Waals surface area contributed by atoms with Crippen LogP contribution in [0, 0.1) is 16.0 Å². The molecule has 11 nitrogen and oxygen atoms in total. The lowest BCUT2D eigenvalue weighted by atomic mass is 9.97. The number of nitrogens with zero attached hydrogens (tertiary/aromatic N) is 1. The summed E-state index contributed by atoms with van der Waals surface area (Å²) in [5, 5.41) is 49.5. The number of amides is 1. The number of nitro benzene ring substituents is 1. The fourth-order valence-corrected chi connectivity index (χ4v) is 4.02. The monoisotopic (exact) mass is 608 g/mol. The number of aliphatic hydroxyl groups excluding tert-OH is 2. The van der Waals surface area contributed by atoms with Crippen LogP contribution in [-0.4, -0.2) is 60.7 Å². The molecular formula is C27H42Cl2N2O9. The summed E-state index contributed by atoms with van der Waals surface area (Å²) in [6.45, 7) is 1.67. The van der Waals surface area contributed by atoms with Crippen LogP contribution in [0.1, 0.15) is 95.6 Å². The van der Waals surface area contributed by atoms with Crippen molar-refractivity contribution < 1.29 is 39.7 Å². The molecular weight excluding hydrogens is 567 g/mol. The van der Waals surface area contributed by atoms with Crippen LogP contribution >= 0.6 is 23.2 Å². The minimum Gasteiger partial charge on any atom is -0.481 e. The summed E-state index contributed by atoms with van der Waals surface area (Å²) in [6.07, 6.45) is 11.0. The molecule has 1 rings (SSSR count). The zero-order valence-corrected chi connectivity index (χ0v) is 24.4. The van der Waals surface area contributed by atoms with Crippen LogP contribution in [0.15, 0.2) is 24.3 Å². The second-order valence-corrected chi connectivity index (χ2v) is 10.6. The molecule has 1 unspecified atom stereocenters. The van der Waals surface area contributed by atoms with E-state index in [9.17, 15) is 29.6 Å². The fraction of sp³-hybridized carbons (Fsp3) is 0.667. The zero-order chi connectivity index (χ0) is 30.5. The molecule has 13 heteroatoms. The first kappa shape index (κ1) is 37.5. The molecule has 5 N–H and O–H groups in total. The number of alkyl halides is 2. The van der Waals surface area contributed by atoms with E-state index in [0.717, 1.165) is 19.3 Å². The summed E-state index contributed by atoms with van der Waals surface area (Å²) in [4.78, 5) is 41.3. The molecule has 1 aromatic carbocycles. The minimum atomic E-state index is -1.33. The van der Waals surface area contributed by atoms with Gasteiger partial charge in [0.05, 0.1) is 29.9 Å². The molecule has 1 amide bonds. The number of hydrogen-bond acceptors (Lipinski definition) is 7. The van der Waals surface area contributed by atoms with Crippen molar-refractivity contribution in [2.45, 2.75) is 101 Å². The number of non-ortho nitro benzene ring substituents is 1. The van der Waals surface area contributed by atoms with Crippen LogP contribution in [0.4, 0.5) is 5.69 Å². The van der Waals surface area contributed by atoms with Crippen molar-refractivity contribution in [3.8, 4) is 0 Å². The Kier molecular flexibility index (Phi) is 20.9. The molecule has 0 aromatic heterocycles. The average molecular weight is 610 g/mol. The highest BCUT2D eigenvalue weighted by atomic mass is 35.5. The van der Waals surface area contributed by atoms with Gasteiger partial charge in [-0.25, -0.2) is 0 Å². The molecule has 1 aromatic rings. The van der Waals surface area contributed by atoms with Crippen molar-refractivity contribution in [2.75, 3.05) is 6.61 Å². The van der Waals surface area contributed by atoms with Gasteiger partial charge in [-0.1, -0.05) is 94.3 Å². The second-order valence-electron chi connectivity index (χ2n) is 9.50. The molecule has 0 spiro atoms. The third-order valence-electron chi connectivity index (χ3n) is 6.23. The predicted octanol–water partition coefficient (Wildman–Crippen LogP) is 5.38. The highest BCUT2D eigenvalue weighted by molar-refractivity contribution is 6.53. The summed E-state index contributed by atoms with van der Waals surface area (Å²) in [5.41, 5.74) is 0.169. The normalized spacial score (nSPS) is 13.1. The maximum Gasteiger partial charge on any atom is 0.307 e. The fourth-order valence-electron chi connectivity index (χ4n) is 3.90. The summed E-state index contributed by atoms with van der Waals surface area (Å²) in [6, 6.07) is 4.05. The molecule has 3 atom stereocenters. The molecule has 0 fully saturated rings. The Bertz CT molecular complexity index is 885. The third kappa shape index (κ3) is 17.3. The van der Waals surface area contributed by atoms with Gasteiger partial charge in [0.15, 0.2) is 4.84 Å². The number of carboxylic acid groups (broad SMARTS) is 2. The van der Waals surface area contributed by atoms with Gasteiger partial charge < -0.3 is 25.7 Å². The number of carbonyl (C=O) groups excluding carboxylic acids is 1. The maximum absolute atomic E-state index is 11.3. The van der Waals surface area contributed by atoms with Crippen LogP contribution in [0.25, 0.3) is 0 Å². The van der Waals surface area contributed by atoms with E-state index in [1.54, 1.807) is 0 Å². The number of halogens is 2. The van der Waals surface area contributed by atoms with Gasteiger partial charge in [0.1, 0.15) is 6.10 Å². The van der Waals surface area contributed by atoms with Gasteiger partial charge in [0.2, 0.25) is 0 Å². The topological polar surface area (TPSA) is 187 Å². The molecule has 40 heavy (non-hydrogen) atoms. The highest BCUT2D eigenvalue weighted by Gasteiger charge is 2.25. The van der Waals surface area contributed by atoms with E-state index in [-0.39, 0.29) is 12.1 Å². The minimum absolute atomic E-state index is 0.132. The van der Waals surface area contributed by atoms with Gasteiger partial charge in [-0.15, -0.1) is 0 Å². The van der Waals surface area contributed by atoms with Crippen LogP contribution in [0.2, 0.25) is 0 Å². The molecule has 0 saturated carbocycles. The van der Waals surface area contributed by atoms with Gasteiger partial charge in [0.25, 0.3) is 11.6 Å². The molecule has 0 bridgehead atoms. The van der Waals surface area contributed by atoms with Gasteiger partial charge in [-0.3, -0.25) is 24.5 Å². The number of rotatable bonds is 20. The molecule has 0 aliphatic heterocycles. The van der Waals surface area contributed by atoms with Crippen LogP contribution in [0.3, 0.4) is 0 Å². The molecule has 0 aliphatic carbocycles. The number of hydrogen-bond donors (Lipinski definition) is 5. The SMILES string of the molecule is CCCCCCCCCCCCC(CC(=O)O)C(=O)O.O=C(N[C@H](CO)[C@H](O)c1ccc([N+](=O)[O-])cc1)C(Cl)Cl. The van der Waals surface area contributed by atoms with Gasteiger partial charge in [-0.05, 0) is 24.1 Å². The number of aliphatic hydroxyl groups is 2. The Balaban J connectivity index is 0.000000760. The van der Waals surface area contributed by atoms with E-state index in [1.807, 2.05) is 0 Å². The Morgan fingerprint density at radius 1 is 0.925 bits per heavy atom. The van der Waals surface area contributed by atoms with Gasteiger partial charge in [0, 0.05) is 12.1 Å². The van der Waals surface area contributed by atoms with Crippen LogP contribution in [-0.2, 0) is 14.4 Å². The zero-order valence-electron chi connectivity index (χ0n) is 22.8. The number of carboxylic acids is 2. The lowest BCUT2D eigenvalue weighted by Crippen LogP contribution is -2.44. The van der Waals surface area contributed by atoms with E-state index >= 15 is 0 Å². The first-order valence-corrected chi connectivity index (χ1v) is 14.4. The summed E-state index contributed by atoms with van der Waals surface area (Å²) in [5.74, 6) is -3.48. The Hall–Kier alpha value is -2.47. The third-order valence-corrected chi connectivity index (χ3v) is 6.62. The first-order chi connectivity index (χ1) is 18.9. The van der Waals surface area contributed by atoms with Crippen LogP contribution < -0.4 is 5.32 Å². The van der Waals surface area contributed by atoms with E-state index in [4.69, 9.17) is 38.5 Å². The molecule has 0 heterocycles. The molecule has 228 valence electrons. The van der Waals surface area contributed by atoms with E-state index in [2.05, 4.69) is 12.2 Å². The van der Waals surface area contributed by atoms with Gasteiger partial charge in [-0.2, -0.15) is 0 Å². The van der Waals surface area contributed by atoms with Crippen molar-refractivity contribution in [1.82, 2.24) is 5.32 Å². The lowest BCUT2D eigenvalue weighted by molar-refractivity contribution is -0.384. The predicted molar refractivity (Wildman–Crippen MR) is 152 cm³/mol. The summed E-state index contributed by atoms with van der Waals surface area (Å²) >= 11 is 10.7. The van der Waals surface area contributed by atoms with E-state index < -0.39 is 52.3 Å². The highest BCUT2D eigenvalue weighted by Crippen LogP contribution is 2.21. The number of aliphatic carboxylic acids is 2. The van der Waals surface area contributed by atoms with Crippen LogP contribution in [0.5, 0.6) is 0 Å². The van der Waals surface area contributed by atoms with E-state index in [1.165, 1.54) is 69.2 Å². The Morgan fingerprint density at radius 2 is 1.43 bits per heavy atom. The number of unbranched alkanes of at least 4 members (excludes halogenated alkanes) is 9. The van der Waals surface area contributed by atoms with Crippen molar-refractivity contribution in [1.29, 1.82) is 0 Å². The summed E-state index contributed by atoms with van der Waals surface area (Å²) < 4.78 is 0. The smallest absolute Gasteiger partial charge is 0.307 e. The van der Waals surface area contributed by atoms with Crippen molar-refractivity contribution in [3.05, 3.63) is 39.9 Å². The second kappa shape index (κ2) is 22.2. The standard InChI is InChI=1S/C16H30O4.C11H12Cl2N2O5/c1-2-3-4-5-6-7-8-9-10-11-12-14(16(19)20)13-15(17)18;12-10(13)11(18)14-8(5-16)9(17)6-1-3-7(4-2-6)15(19)20/h14H,2-13H2,1H3,(H,17,18)(H,19,20);1-4,8-10,16-17H,5H2,(H,14,18)/t;8-,9-/m.1/s1. The van der Waals surface area contributed by atoms with E-state index in [0.29, 0.717) is 12.0 Å². The Labute approximate surface area is 245 Å². The number of benzene rings is 1. The molecule has 0 radical (unpaired) electrons. The largest absolute Gasteiger partial charge is 0.481 e. The summed E-state index contributed by atoms with van der Waals surface area (Å²) in [7, 11) is 0. The quantitative estimate of drug-likeness (QED) is 0.0560. The molecule has 0 saturated heterocycles. The Morgan fingerprint density at radius 3 is 1.82 bits per heavy atom. The van der Waals surface area contributed by atoms with Crippen molar-refractivity contribution in [2.24, 2.45) is 5.92 Å². The maximum atomic E-state index is 11.3. The molecule has 0 aliphatic rings. The first-order valence-electron chi connectivity index (χ1n) is 13.5.